The highest BCUT2D eigenvalue weighted by molar-refractivity contribution is 7.80. The Labute approximate surface area is 234 Å². The van der Waals surface area contributed by atoms with E-state index in [1.54, 1.807) is 25.2 Å². The van der Waals surface area contributed by atoms with Crippen molar-refractivity contribution in [2.45, 2.75) is 6.42 Å². The minimum atomic E-state index is -0.630. The molecule has 4 rings (SSSR count). The van der Waals surface area contributed by atoms with E-state index in [0.717, 1.165) is 5.56 Å². The lowest BCUT2D eigenvalue weighted by Gasteiger charge is -2.12. The molecule has 0 saturated heterocycles. The molecule has 38 heavy (non-hydrogen) atoms. The Kier molecular flexibility index (Phi) is 10.5. The van der Waals surface area contributed by atoms with E-state index in [2.05, 4.69) is 26.3 Å². The summed E-state index contributed by atoms with van der Waals surface area (Å²) in [7, 11) is 1.81. The summed E-state index contributed by atoms with van der Waals surface area (Å²) in [4.78, 5) is 29.4. The number of nitrogens with zero attached hydrogens (tertiary/aromatic N) is 1. The van der Waals surface area contributed by atoms with Crippen LogP contribution in [0.15, 0.2) is 66.9 Å². The zero-order valence-electron chi connectivity index (χ0n) is 20.2. The number of likely N-dealkylation sites (N-methyl/N-ethyl adjacent to an activating group) is 1. The van der Waals surface area contributed by atoms with Crippen LogP contribution in [0.25, 0.3) is 10.2 Å². The van der Waals surface area contributed by atoms with Crippen molar-refractivity contribution in [2.24, 2.45) is 0 Å². The fourth-order valence-corrected chi connectivity index (χ4v) is 4.60. The number of rotatable bonds is 9. The molecule has 2 amide bonds. The van der Waals surface area contributed by atoms with Crippen LogP contribution in [0, 0.1) is 5.82 Å². The summed E-state index contributed by atoms with van der Waals surface area (Å²) in [5.74, 6) is -0.748. The first-order chi connectivity index (χ1) is 17.9. The van der Waals surface area contributed by atoms with Crippen LogP contribution in [0.2, 0.25) is 0 Å². The van der Waals surface area contributed by atoms with Gasteiger partial charge in [-0.05, 0) is 43.0 Å². The molecule has 0 bridgehead atoms. The van der Waals surface area contributed by atoms with E-state index in [-0.39, 0.29) is 41.5 Å². The lowest BCUT2D eigenvalue weighted by molar-refractivity contribution is -0.119. The predicted molar refractivity (Wildman–Crippen MR) is 154 cm³/mol. The van der Waals surface area contributed by atoms with Crippen molar-refractivity contribution < 1.29 is 18.7 Å². The maximum absolute atomic E-state index is 14.9. The number of thiocarbonyl (C=S) groups is 1. The molecule has 0 unspecified atom stereocenters. The Hall–Kier alpha value is -3.64. The minimum absolute atomic E-state index is 0. The molecule has 4 N–H and O–H groups in total. The Morgan fingerprint density at radius 3 is 2.58 bits per heavy atom. The van der Waals surface area contributed by atoms with Gasteiger partial charge in [0.25, 0.3) is 5.91 Å². The van der Waals surface area contributed by atoms with E-state index in [1.165, 1.54) is 29.7 Å². The lowest BCUT2D eigenvalue weighted by Crippen LogP contribution is -2.35. The highest BCUT2D eigenvalue weighted by Gasteiger charge is 2.16. The van der Waals surface area contributed by atoms with Gasteiger partial charge in [0.05, 0.1) is 21.5 Å². The number of nitrogens with one attached hydrogen (secondary N) is 4. The number of pyridine rings is 1. The average Bonchev–Trinajstić information content (AvgIpc) is 3.32. The molecule has 2 aromatic heterocycles. The molecule has 198 valence electrons. The first kappa shape index (κ1) is 28.9. The van der Waals surface area contributed by atoms with Crippen LogP contribution in [0.1, 0.15) is 15.2 Å². The van der Waals surface area contributed by atoms with Gasteiger partial charge in [0.1, 0.15) is 5.75 Å². The summed E-state index contributed by atoms with van der Waals surface area (Å²) < 4.78 is 21.3. The second-order valence-electron chi connectivity index (χ2n) is 7.91. The summed E-state index contributed by atoms with van der Waals surface area (Å²) in [5.41, 5.74) is 1.79. The normalized spacial score (nSPS) is 10.4. The van der Waals surface area contributed by atoms with Crippen LogP contribution in [0.3, 0.4) is 0 Å². The average molecular weight is 574 g/mol. The third kappa shape index (κ3) is 7.68. The quantitative estimate of drug-likeness (QED) is 0.171. The number of halogens is 2. The van der Waals surface area contributed by atoms with Crippen LogP contribution >= 0.6 is 36.0 Å². The van der Waals surface area contributed by atoms with Gasteiger partial charge in [-0.1, -0.05) is 30.3 Å². The molecule has 0 saturated carbocycles. The summed E-state index contributed by atoms with van der Waals surface area (Å²) in [6, 6.07) is 16.8. The zero-order valence-corrected chi connectivity index (χ0v) is 22.7. The molecule has 4 aromatic rings. The van der Waals surface area contributed by atoms with Crippen molar-refractivity contribution in [3.8, 4) is 11.5 Å². The topological polar surface area (TPSA) is 104 Å². The number of benzene rings is 2. The van der Waals surface area contributed by atoms with Crippen molar-refractivity contribution >= 4 is 68.8 Å². The second-order valence-corrected chi connectivity index (χ2v) is 9.37. The first-order valence-electron chi connectivity index (χ1n) is 11.4. The molecule has 12 heteroatoms. The summed E-state index contributed by atoms with van der Waals surface area (Å²) in [5, 5.41) is 11.2. The largest absolute Gasteiger partial charge is 0.453 e. The van der Waals surface area contributed by atoms with E-state index >= 15 is 0 Å². The fraction of sp³-hybridized carbons (Fsp3) is 0.154. The number of fused-ring (bicyclic) bond motifs is 1. The van der Waals surface area contributed by atoms with Gasteiger partial charge in [0, 0.05) is 37.1 Å². The van der Waals surface area contributed by atoms with Crippen LogP contribution in [-0.4, -0.2) is 42.0 Å². The highest BCUT2D eigenvalue weighted by Crippen LogP contribution is 2.36. The number of carbonyl (C=O) groups excluding carboxylic acids is 2. The van der Waals surface area contributed by atoms with Gasteiger partial charge in [-0.3, -0.25) is 14.6 Å². The third-order valence-corrected chi connectivity index (χ3v) is 6.47. The van der Waals surface area contributed by atoms with Gasteiger partial charge >= 0.3 is 0 Å². The minimum Gasteiger partial charge on any atom is -0.453 e. The van der Waals surface area contributed by atoms with Crippen LogP contribution in [0.5, 0.6) is 11.5 Å². The maximum Gasteiger partial charge on any atom is 0.261 e. The zero-order chi connectivity index (χ0) is 26.2. The molecule has 2 aromatic carbocycles. The Morgan fingerprint density at radius 2 is 1.84 bits per heavy atom. The smallest absolute Gasteiger partial charge is 0.261 e. The van der Waals surface area contributed by atoms with Crippen molar-refractivity contribution in [3.63, 3.8) is 0 Å². The maximum atomic E-state index is 14.9. The molecule has 8 nitrogen and oxygen atoms in total. The van der Waals surface area contributed by atoms with E-state index in [0.29, 0.717) is 39.6 Å². The Bertz CT molecular complexity index is 1440. The monoisotopic (exact) mass is 573 g/mol. The number of aromatic nitrogens is 1. The third-order valence-electron chi connectivity index (χ3n) is 5.13. The molecular weight excluding hydrogens is 549 g/mol. The molecule has 0 atom stereocenters. The van der Waals surface area contributed by atoms with Crippen molar-refractivity contribution in [1.82, 2.24) is 20.9 Å². The summed E-state index contributed by atoms with van der Waals surface area (Å²) >= 11 is 6.40. The predicted octanol–water partition coefficient (Wildman–Crippen LogP) is 4.65. The molecule has 0 aliphatic carbocycles. The van der Waals surface area contributed by atoms with Gasteiger partial charge in [-0.15, -0.1) is 23.7 Å². The van der Waals surface area contributed by atoms with Crippen LogP contribution in [-0.2, 0) is 11.2 Å². The fourth-order valence-electron chi connectivity index (χ4n) is 3.39. The lowest BCUT2D eigenvalue weighted by atomic mass is 10.1. The molecule has 2 heterocycles. The number of hydrogen-bond acceptors (Lipinski definition) is 7. The van der Waals surface area contributed by atoms with Gasteiger partial charge in [-0.2, -0.15) is 0 Å². The highest BCUT2D eigenvalue weighted by atomic mass is 35.5. The summed E-state index contributed by atoms with van der Waals surface area (Å²) in [6.45, 7) is 1.14. The standard InChI is InChI=1S/C26H24FN5O3S2.ClH/c1-28-11-12-30-25(34)22-15-19-24(37-22)21(9-10-29-19)35-20-8-7-17(14-18(20)27)31-26(36)32-23(33)13-16-5-3-2-4-6-16;/h2-10,14-15,28H,11-13H2,1H3,(H,30,34)(H2,31,32,33,36);1H. The van der Waals surface area contributed by atoms with E-state index in [9.17, 15) is 14.0 Å². The molecule has 0 spiro atoms. The summed E-state index contributed by atoms with van der Waals surface area (Å²) in [6.07, 6.45) is 1.71. The second kappa shape index (κ2) is 13.8. The number of amides is 2. The number of anilines is 1. The van der Waals surface area contributed by atoms with Gasteiger partial charge in [0.15, 0.2) is 16.7 Å². The van der Waals surface area contributed by atoms with Gasteiger partial charge in [0.2, 0.25) is 5.91 Å². The number of hydrogen-bond donors (Lipinski definition) is 4. The molecule has 0 radical (unpaired) electrons. The van der Waals surface area contributed by atoms with E-state index in [1.807, 2.05) is 30.3 Å². The van der Waals surface area contributed by atoms with Crippen molar-refractivity contribution in [3.05, 3.63) is 83.1 Å². The molecule has 0 aliphatic heterocycles. The van der Waals surface area contributed by atoms with E-state index in [4.69, 9.17) is 17.0 Å². The SMILES string of the molecule is CNCCNC(=O)c1cc2nccc(Oc3ccc(NC(=S)NC(=O)Cc4ccccc4)cc3F)c2s1.Cl. The molecular formula is C26H25ClFN5O3S2. The Balaban J connectivity index is 0.00000400. The van der Waals surface area contributed by atoms with E-state index < -0.39 is 5.82 Å². The van der Waals surface area contributed by atoms with Crippen LogP contribution in [0.4, 0.5) is 10.1 Å². The Morgan fingerprint density at radius 1 is 1.05 bits per heavy atom. The van der Waals surface area contributed by atoms with Crippen molar-refractivity contribution in [1.29, 1.82) is 0 Å². The van der Waals surface area contributed by atoms with Crippen LogP contribution < -0.4 is 26.0 Å². The number of ether oxygens (including phenoxy) is 1. The molecule has 0 aliphatic rings. The number of carbonyl (C=O) groups is 2. The van der Waals surface area contributed by atoms with Gasteiger partial charge < -0.3 is 26.0 Å². The van der Waals surface area contributed by atoms with Gasteiger partial charge in [-0.25, -0.2) is 4.39 Å². The van der Waals surface area contributed by atoms with Crippen molar-refractivity contribution in [2.75, 3.05) is 25.5 Å². The number of thiophene rings is 1. The molecule has 0 fully saturated rings. The first-order valence-corrected chi connectivity index (χ1v) is 12.6.